The van der Waals surface area contributed by atoms with Crippen LogP contribution in [0, 0.1) is 0 Å². The molecule has 0 fully saturated rings. The number of fused-ring (bicyclic) bond motifs is 1. The molecule has 2 aromatic carbocycles. The Balaban J connectivity index is 1.98. The number of hydrogen-bond acceptors (Lipinski definition) is 2. The summed E-state index contributed by atoms with van der Waals surface area (Å²) in [6, 6.07) is 14.1. The lowest BCUT2D eigenvalue weighted by molar-refractivity contribution is 0.152. The Labute approximate surface area is 135 Å². The van der Waals surface area contributed by atoms with Crippen molar-refractivity contribution in [3.63, 3.8) is 0 Å². The molecule has 0 aromatic heterocycles. The molecule has 2 atom stereocenters. The first-order valence-electron chi connectivity index (χ1n) is 7.13. The highest BCUT2D eigenvalue weighted by molar-refractivity contribution is 6.42. The summed E-state index contributed by atoms with van der Waals surface area (Å²) >= 11 is 12.5. The van der Waals surface area contributed by atoms with E-state index in [1.54, 1.807) is 6.07 Å². The van der Waals surface area contributed by atoms with Gasteiger partial charge in [-0.2, -0.15) is 0 Å². The molecule has 3 rings (SSSR count). The molecule has 0 spiro atoms. The molecule has 0 aliphatic carbocycles. The van der Waals surface area contributed by atoms with Crippen molar-refractivity contribution >= 4 is 23.2 Å². The minimum Gasteiger partial charge on any atom is -0.485 e. The van der Waals surface area contributed by atoms with Gasteiger partial charge in [0.05, 0.1) is 10.0 Å². The molecular weight excluding hydrogens is 305 g/mol. The Morgan fingerprint density at radius 3 is 2.67 bits per heavy atom. The third-order valence-corrected chi connectivity index (χ3v) is 4.63. The molecule has 21 heavy (non-hydrogen) atoms. The summed E-state index contributed by atoms with van der Waals surface area (Å²) in [4.78, 5) is 0. The number of para-hydroxylation sites is 1. The predicted octanol–water partition coefficient (Wildman–Crippen LogP) is 5.17. The van der Waals surface area contributed by atoms with E-state index in [0.717, 1.165) is 24.3 Å². The first-order chi connectivity index (χ1) is 10.2. The van der Waals surface area contributed by atoms with E-state index in [0.29, 0.717) is 10.0 Å². The predicted molar refractivity (Wildman–Crippen MR) is 87.3 cm³/mol. The summed E-state index contributed by atoms with van der Waals surface area (Å²) in [7, 11) is 0. The molecule has 0 radical (unpaired) electrons. The number of halogens is 2. The lowest BCUT2D eigenvalue weighted by Crippen LogP contribution is -2.29. The van der Waals surface area contributed by atoms with Crippen LogP contribution in [0.1, 0.15) is 36.6 Å². The van der Waals surface area contributed by atoms with E-state index >= 15 is 0 Å². The van der Waals surface area contributed by atoms with Crippen LogP contribution >= 0.6 is 23.2 Å². The number of hydrogen-bond donors (Lipinski definition) is 1. The largest absolute Gasteiger partial charge is 0.485 e. The van der Waals surface area contributed by atoms with E-state index in [9.17, 15) is 0 Å². The smallest absolute Gasteiger partial charge is 0.127 e. The van der Waals surface area contributed by atoms with Crippen molar-refractivity contribution in [2.45, 2.75) is 25.5 Å². The van der Waals surface area contributed by atoms with Crippen LogP contribution < -0.4 is 10.1 Å². The van der Waals surface area contributed by atoms with E-state index in [4.69, 9.17) is 27.9 Å². The van der Waals surface area contributed by atoms with E-state index in [-0.39, 0.29) is 12.1 Å². The fourth-order valence-electron chi connectivity index (χ4n) is 2.82. The van der Waals surface area contributed by atoms with Crippen LogP contribution in [-0.4, -0.2) is 6.54 Å². The van der Waals surface area contributed by atoms with E-state index in [1.807, 2.05) is 30.3 Å². The van der Waals surface area contributed by atoms with Crippen LogP contribution in [0.3, 0.4) is 0 Å². The quantitative estimate of drug-likeness (QED) is 0.842. The number of benzene rings is 2. The van der Waals surface area contributed by atoms with Gasteiger partial charge in [-0.3, -0.25) is 0 Å². The van der Waals surface area contributed by atoms with Crippen LogP contribution in [0.2, 0.25) is 10.0 Å². The zero-order chi connectivity index (χ0) is 14.8. The highest BCUT2D eigenvalue weighted by atomic mass is 35.5. The van der Waals surface area contributed by atoms with Gasteiger partial charge >= 0.3 is 0 Å². The number of rotatable bonds is 3. The third kappa shape index (κ3) is 2.89. The molecule has 1 aliphatic rings. The highest BCUT2D eigenvalue weighted by Crippen LogP contribution is 2.43. The van der Waals surface area contributed by atoms with Gasteiger partial charge in [-0.15, -0.1) is 0 Å². The second kappa shape index (κ2) is 6.27. The minimum absolute atomic E-state index is 0.0878. The Morgan fingerprint density at radius 2 is 1.86 bits per heavy atom. The molecule has 0 saturated heterocycles. The van der Waals surface area contributed by atoms with E-state index in [1.165, 1.54) is 5.56 Å². The van der Waals surface area contributed by atoms with Crippen molar-refractivity contribution in [1.82, 2.24) is 5.32 Å². The first kappa shape index (κ1) is 14.7. The number of ether oxygens (including phenoxy) is 1. The zero-order valence-corrected chi connectivity index (χ0v) is 13.3. The second-order valence-corrected chi connectivity index (χ2v) is 5.92. The molecule has 1 aliphatic heterocycles. The summed E-state index contributed by atoms with van der Waals surface area (Å²) in [5.41, 5.74) is 2.15. The van der Waals surface area contributed by atoms with Crippen LogP contribution in [0.5, 0.6) is 5.75 Å². The Bertz CT molecular complexity index is 644. The van der Waals surface area contributed by atoms with Crippen LogP contribution in [0.15, 0.2) is 42.5 Å². The van der Waals surface area contributed by atoms with E-state index in [2.05, 4.69) is 18.3 Å². The summed E-state index contributed by atoms with van der Waals surface area (Å²) < 4.78 is 6.15. The molecule has 1 N–H and O–H groups in total. The fourth-order valence-corrected chi connectivity index (χ4v) is 3.25. The van der Waals surface area contributed by atoms with Gasteiger partial charge in [0.25, 0.3) is 0 Å². The van der Waals surface area contributed by atoms with Crippen LogP contribution in [0.25, 0.3) is 0 Å². The highest BCUT2D eigenvalue weighted by Gasteiger charge is 2.30. The van der Waals surface area contributed by atoms with Gasteiger partial charge < -0.3 is 10.1 Å². The van der Waals surface area contributed by atoms with Crippen molar-refractivity contribution < 1.29 is 4.74 Å². The molecule has 0 saturated carbocycles. The maximum atomic E-state index is 6.35. The number of nitrogens with one attached hydrogen (secondary N) is 1. The minimum atomic E-state index is -0.0878. The maximum absolute atomic E-state index is 6.35. The molecule has 2 aromatic rings. The Hall–Kier alpha value is -1.22. The van der Waals surface area contributed by atoms with Crippen LogP contribution in [0.4, 0.5) is 0 Å². The van der Waals surface area contributed by atoms with E-state index < -0.39 is 0 Å². The SMILES string of the molecule is CCNC1CC(c2cccc(Cl)c2Cl)Oc2ccccc21. The molecule has 0 amide bonds. The second-order valence-electron chi connectivity index (χ2n) is 5.13. The summed E-state index contributed by atoms with van der Waals surface area (Å²) in [6.07, 6.45) is 0.750. The lowest BCUT2D eigenvalue weighted by Gasteiger charge is -2.33. The van der Waals surface area contributed by atoms with Gasteiger partial charge in [0.15, 0.2) is 0 Å². The Kier molecular flexibility index (Phi) is 4.39. The maximum Gasteiger partial charge on any atom is 0.127 e. The third-order valence-electron chi connectivity index (χ3n) is 3.79. The van der Waals surface area contributed by atoms with Gasteiger partial charge in [0, 0.05) is 23.6 Å². The summed E-state index contributed by atoms with van der Waals surface area (Å²) in [5, 5.41) is 4.67. The van der Waals surface area contributed by atoms with Gasteiger partial charge in [0.1, 0.15) is 11.9 Å². The molecule has 2 nitrogen and oxygen atoms in total. The fraction of sp³-hybridized carbons (Fsp3) is 0.294. The molecule has 0 bridgehead atoms. The normalized spacial score (nSPS) is 20.7. The van der Waals surface area contributed by atoms with Gasteiger partial charge in [-0.1, -0.05) is 60.5 Å². The Morgan fingerprint density at radius 1 is 1.10 bits per heavy atom. The van der Waals surface area contributed by atoms with Gasteiger partial charge in [-0.25, -0.2) is 0 Å². The standard InChI is InChI=1S/C17H17Cl2NO/c1-2-20-14-10-16(12-7-5-8-13(18)17(12)19)21-15-9-4-3-6-11(14)15/h3-9,14,16,20H,2,10H2,1H3. The van der Waals surface area contributed by atoms with Crippen molar-refractivity contribution in [1.29, 1.82) is 0 Å². The molecule has 2 unspecified atom stereocenters. The topological polar surface area (TPSA) is 21.3 Å². The lowest BCUT2D eigenvalue weighted by atomic mass is 9.93. The monoisotopic (exact) mass is 321 g/mol. The molecule has 1 heterocycles. The van der Waals surface area contributed by atoms with Crippen molar-refractivity contribution in [2.24, 2.45) is 0 Å². The molecular formula is C17H17Cl2NO. The van der Waals surface area contributed by atoms with Gasteiger partial charge in [0.2, 0.25) is 0 Å². The first-order valence-corrected chi connectivity index (χ1v) is 7.89. The van der Waals surface area contributed by atoms with Gasteiger partial charge in [-0.05, 0) is 18.7 Å². The van der Waals surface area contributed by atoms with Crippen molar-refractivity contribution in [3.05, 3.63) is 63.6 Å². The average molecular weight is 322 g/mol. The summed E-state index contributed by atoms with van der Waals surface area (Å²) in [6.45, 7) is 3.02. The summed E-state index contributed by atoms with van der Waals surface area (Å²) in [5.74, 6) is 0.913. The van der Waals surface area contributed by atoms with Crippen molar-refractivity contribution in [2.75, 3.05) is 6.54 Å². The zero-order valence-electron chi connectivity index (χ0n) is 11.8. The molecule has 110 valence electrons. The average Bonchev–Trinajstić information content (AvgIpc) is 2.50. The molecule has 4 heteroatoms. The van der Waals surface area contributed by atoms with Crippen molar-refractivity contribution in [3.8, 4) is 5.75 Å². The van der Waals surface area contributed by atoms with Crippen LogP contribution in [-0.2, 0) is 0 Å².